The average Bonchev–Trinajstić information content (AvgIpc) is 3.28. The molecule has 0 spiro atoms. The maximum absolute atomic E-state index is 13.7. The molecule has 2 aromatic rings. The first-order valence-corrected chi connectivity index (χ1v) is 11.7. The number of hydrogen-bond acceptors (Lipinski definition) is 3. The van der Waals surface area contributed by atoms with Gasteiger partial charge >= 0.3 is 0 Å². The molecule has 0 N–H and O–H groups in total. The molecule has 2 aromatic carbocycles. The zero-order valence-electron chi connectivity index (χ0n) is 16.0. The highest BCUT2D eigenvalue weighted by atomic mass is 79.9. The van der Waals surface area contributed by atoms with E-state index in [9.17, 15) is 13.2 Å². The van der Waals surface area contributed by atoms with Crippen molar-refractivity contribution in [2.75, 3.05) is 18.0 Å². The van der Waals surface area contributed by atoms with Crippen molar-refractivity contribution >= 4 is 37.5 Å². The fourth-order valence-electron chi connectivity index (χ4n) is 4.26. The minimum atomic E-state index is -3.75. The van der Waals surface area contributed by atoms with Crippen LogP contribution >= 0.6 is 15.9 Å². The van der Waals surface area contributed by atoms with Gasteiger partial charge in [-0.3, -0.25) is 4.79 Å². The van der Waals surface area contributed by atoms with Crippen molar-refractivity contribution in [3.05, 3.63) is 57.6 Å². The number of halogens is 1. The van der Waals surface area contributed by atoms with Crippen LogP contribution in [0.25, 0.3) is 0 Å². The summed E-state index contributed by atoms with van der Waals surface area (Å²) in [5.41, 5.74) is 3.61. The fraction of sp³-hybridized carbons (Fsp3) is 0.381. The maximum Gasteiger partial charge on any atom is 0.245 e. The Labute approximate surface area is 174 Å². The zero-order valence-corrected chi connectivity index (χ0v) is 18.4. The van der Waals surface area contributed by atoms with Crippen LogP contribution in [-0.2, 0) is 21.2 Å². The molecular weight excluding hydrogens is 440 g/mol. The van der Waals surface area contributed by atoms with Crippen LogP contribution in [0.2, 0.25) is 0 Å². The second kappa shape index (κ2) is 7.28. The lowest BCUT2D eigenvalue weighted by atomic mass is 10.0. The van der Waals surface area contributed by atoms with E-state index >= 15 is 0 Å². The van der Waals surface area contributed by atoms with Gasteiger partial charge in [0.1, 0.15) is 4.90 Å². The van der Waals surface area contributed by atoms with Gasteiger partial charge in [-0.15, -0.1) is 0 Å². The first kappa shape index (κ1) is 19.6. The van der Waals surface area contributed by atoms with Gasteiger partial charge in [0, 0.05) is 24.5 Å². The van der Waals surface area contributed by atoms with Crippen LogP contribution in [0.15, 0.2) is 45.8 Å². The number of sulfonamides is 1. The quantitative estimate of drug-likeness (QED) is 0.686. The van der Waals surface area contributed by atoms with Crippen LogP contribution in [-0.4, -0.2) is 31.7 Å². The monoisotopic (exact) mass is 462 g/mol. The number of fused-ring (bicyclic) bond motifs is 1. The Hall–Kier alpha value is -1.70. The highest BCUT2D eigenvalue weighted by Crippen LogP contribution is 2.43. The Morgan fingerprint density at radius 3 is 2.54 bits per heavy atom. The van der Waals surface area contributed by atoms with Gasteiger partial charge in [0.25, 0.3) is 0 Å². The normalized spacial score (nSPS) is 19.8. The molecule has 1 atom stereocenters. The molecule has 4 rings (SSSR count). The van der Waals surface area contributed by atoms with E-state index in [0.29, 0.717) is 25.2 Å². The third-order valence-corrected chi connectivity index (χ3v) is 8.01. The fourth-order valence-corrected chi connectivity index (χ4v) is 6.86. The summed E-state index contributed by atoms with van der Waals surface area (Å²) in [7, 11) is -3.75. The highest BCUT2D eigenvalue weighted by Gasteiger charge is 2.40. The molecule has 5 nitrogen and oxygen atoms in total. The molecule has 0 saturated carbocycles. The number of carbonyl (C=O) groups excluding carboxylic acids is 1. The lowest BCUT2D eigenvalue weighted by molar-refractivity contribution is -0.116. The van der Waals surface area contributed by atoms with Crippen LogP contribution in [0.1, 0.15) is 42.5 Å². The van der Waals surface area contributed by atoms with Gasteiger partial charge in [0.15, 0.2) is 0 Å². The number of rotatable bonds is 3. The summed E-state index contributed by atoms with van der Waals surface area (Å²) >= 11 is 3.46. The molecule has 1 fully saturated rings. The molecular formula is C21H23BrN2O3S. The number of anilines is 1. The summed E-state index contributed by atoms with van der Waals surface area (Å²) in [6.07, 6.45) is 2.29. The molecule has 0 bridgehead atoms. The lowest BCUT2D eigenvalue weighted by Gasteiger charge is -2.27. The molecule has 148 valence electrons. The van der Waals surface area contributed by atoms with Crippen LogP contribution in [0.3, 0.4) is 0 Å². The summed E-state index contributed by atoms with van der Waals surface area (Å²) < 4.78 is 29.8. The Kier molecular flexibility index (Phi) is 5.10. The second-order valence-corrected chi connectivity index (χ2v) is 10.3. The van der Waals surface area contributed by atoms with Crippen molar-refractivity contribution < 1.29 is 13.2 Å². The molecule has 2 heterocycles. The first-order valence-electron chi connectivity index (χ1n) is 9.48. The van der Waals surface area contributed by atoms with Crippen LogP contribution in [0.4, 0.5) is 5.69 Å². The molecule has 2 aliphatic rings. The molecule has 0 aliphatic carbocycles. The third-order valence-electron chi connectivity index (χ3n) is 5.63. The molecule has 0 aromatic heterocycles. The highest BCUT2D eigenvalue weighted by molar-refractivity contribution is 9.10. The van der Waals surface area contributed by atoms with Gasteiger partial charge in [0.05, 0.1) is 11.7 Å². The second-order valence-electron chi connectivity index (χ2n) is 7.52. The van der Waals surface area contributed by atoms with Crippen LogP contribution in [0.5, 0.6) is 0 Å². The maximum atomic E-state index is 13.7. The van der Waals surface area contributed by atoms with Gasteiger partial charge in [-0.2, -0.15) is 4.31 Å². The summed E-state index contributed by atoms with van der Waals surface area (Å²) in [5, 5.41) is 0. The number of hydrogen-bond donors (Lipinski definition) is 0. The van der Waals surface area contributed by atoms with E-state index in [4.69, 9.17) is 0 Å². The predicted molar refractivity (Wildman–Crippen MR) is 113 cm³/mol. The minimum Gasteiger partial charge on any atom is -0.311 e. The van der Waals surface area contributed by atoms with Crippen LogP contribution < -0.4 is 4.90 Å². The number of carbonyl (C=O) groups is 1. The number of benzene rings is 2. The van der Waals surface area contributed by atoms with E-state index in [1.54, 1.807) is 15.3 Å². The van der Waals surface area contributed by atoms with Crippen molar-refractivity contribution in [3.63, 3.8) is 0 Å². The molecule has 1 amide bonds. The van der Waals surface area contributed by atoms with Crippen LogP contribution in [0, 0.1) is 6.92 Å². The van der Waals surface area contributed by atoms with Crippen molar-refractivity contribution in [2.24, 2.45) is 0 Å². The standard InChI is InChI=1S/C21H23BrN2O3S/c1-14-5-7-16(8-6-14)19-4-3-10-24(19)28(26,27)20-13-18(22)12-17-9-11-23(15(2)25)21(17)20/h5-8,12-13,19H,3-4,9-11H2,1-2H3/t19-/m0/s1. The Morgan fingerprint density at radius 1 is 1.14 bits per heavy atom. The molecule has 2 aliphatic heterocycles. The van der Waals surface area contributed by atoms with Gasteiger partial charge < -0.3 is 4.90 Å². The number of nitrogens with zero attached hydrogens (tertiary/aromatic N) is 2. The summed E-state index contributed by atoms with van der Waals surface area (Å²) in [6, 6.07) is 11.5. The van der Waals surface area contributed by atoms with E-state index in [-0.39, 0.29) is 16.8 Å². The van der Waals surface area contributed by atoms with E-state index < -0.39 is 10.0 Å². The molecule has 0 unspecified atom stereocenters. The number of aryl methyl sites for hydroxylation is 1. The molecule has 28 heavy (non-hydrogen) atoms. The Balaban J connectivity index is 1.81. The van der Waals surface area contributed by atoms with E-state index in [2.05, 4.69) is 15.9 Å². The average molecular weight is 463 g/mol. The van der Waals surface area contributed by atoms with Crippen molar-refractivity contribution in [1.82, 2.24) is 4.31 Å². The number of amides is 1. The summed E-state index contributed by atoms with van der Waals surface area (Å²) in [4.78, 5) is 13.9. The topological polar surface area (TPSA) is 57.7 Å². The molecule has 1 saturated heterocycles. The largest absolute Gasteiger partial charge is 0.311 e. The van der Waals surface area contributed by atoms with Gasteiger partial charge in [-0.25, -0.2) is 8.42 Å². The zero-order chi connectivity index (χ0) is 20.1. The van der Waals surface area contributed by atoms with E-state index in [1.807, 2.05) is 37.3 Å². The SMILES string of the molecule is CC(=O)N1CCc2cc(Br)cc(S(=O)(=O)N3CCC[C@H]3c3ccc(C)cc3)c21. The summed E-state index contributed by atoms with van der Waals surface area (Å²) in [6.45, 7) is 4.51. The first-order chi connectivity index (χ1) is 13.3. The van der Waals surface area contributed by atoms with Crippen molar-refractivity contribution in [2.45, 2.75) is 44.0 Å². The Morgan fingerprint density at radius 2 is 1.86 bits per heavy atom. The summed E-state index contributed by atoms with van der Waals surface area (Å²) in [5.74, 6) is -0.131. The lowest BCUT2D eigenvalue weighted by Crippen LogP contribution is -2.33. The Bertz CT molecular complexity index is 1030. The van der Waals surface area contributed by atoms with Gasteiger partial charge in [0.2, 0.25) is 15.9 Å². The molecule has 0 radical (unpaired) electrons. The smallest absolute Gasteiger partial charge is 0.245 e. The van der Waals surface area contributed by atoms with Gasteiger partial charge in [-0.05, 0) is 49.4 Å². The third kappa shape index (κ3) is 3.29. The van der Waals surface area contributed by atoms with Crippen molar-refractivity contribution in [1.29, 1.82) is 0 Å². The van der Waals surface area contributed by atoms with Crippen molar-refractivity contribution in [3.8, 4) is 0 Å². The van der Waals surface area contributed by atoms with E-state index in [0.717, 1.165) is 34.0 Å². The van der Waals surface area contributed by atoms with Gasteiger partial charge in [-0.1, -0.05) is 45.8 Å². The minimum absolute atomic E-state index is 0.131. The van der Waals surface area contributed by atoms with E-state index in [1.165, 1.54) is 6.92 Å². The predicted octanol–water partition coefficient (Wildman–Crippen LogP) is 4.19. The molecule has 7 heteroatoms.